The Bertz CT molecular complexity index is 1070. The number of sulfonamides is 1. The van der Waals surface area contributed by atoms with Gasteiger partial charge in [-0.3, -0.25) is 4.79 Å². The molecule has 2 aromatic carbocycles. The van der Waals surface area contributed by atoms with E-state index in [1.54, 1.807) is 13.8 Å². The smallest absolute Gasteiger partial charge is 0.343 e. The van der Waals surface area contributed by atoms with E-state index in [1.807, 2.05) is 0 Å². The van der Waals surface area contributed by atoms with Crippen molar-refractivity contribution in [2.24, 2.45) is 0 Å². The lowest BCUT2D eigenvalue weighted by atomic mass is 10.1. The number of esters is 1. The molecule has 0 bridgehead atoms. The molecular weight excluding hydrogens is 413 g/mol. The molecule has 1 aliphatic heterocycles. The highest BCUT2D eigenvalue weighted by molar-refractivity contribution is 7.89. The number of carbonyl (C=O) groups excluding carboxylic acids is 2. The van der Waals surface area contributed by atoms with Crippen LogP contribution in [0.25, 0.3) is 0 Å². The van der Waals surface area contributed by atoms with Crippen molar-refractivity contribution in [2.75, 3.05) is 13.1 Å². The van der Waals surface area contributed by atoms with Gasteiger partial charge < -0.3 is 9.47 Å². The number of ether oxygens (including phenoxy) is 2. The minimum atomic E-state index is -3.84. The van der Waals surface area contributed by atoms with Gasteiger partial charge in [0.1, 0.15) is 11.6 Å². The Hall–Kier alpha value is -2.62. The molecule has 3 rings (SSSR count). The van der Waals surface area contributed by atoms with Crippen molar-refractivity contribution in [3.05, 3.63) is 59.4 Å². The van der Waals surface area contributed by atoms with Gasteiger partial charge in [0.15, 0.2) is 5.78 Å². The Labute approximate surface area is 174 Å². The lowest BCUT2D eigenvalue weighted by Gasteiger charge is -2.34. The lowest BCUT2D eigenvalue weighted by Crippen LogP contribution is -2.48. The third kappa shape index (κ3) is 4.75. The zero-order chi connectivity index (χ0) is 22.1. The summed E-state index contributed by atoms with van der Waals surface area (Å²) in [4.78, 5) is 24.2. The molecule has 2 atom stereocenters. The van der Waals surface area contributed by atoms with Gasteiger partial charge in [0.25, 0.3) is 0 Å². The molecule has 160 valence electrons. The van der Waals surface area contributed by atoms with E-state index in [9.17, 15) is 22.4 Å². The third-order valence-electron chi connectivity index (χ3n) is 4.62. The number of Topliss-reactive ketones (excluding diaryl/α,β-unsaturated/α-hetero) is 1. The van der Waals surface area contributed by atoms with E-state index in [-0.39, 0.29) is 47.1 Å². The zero-order valence-corrected chi connectivity index (χ0v) is 17.6. The number of morpholine rings is 1. The van der Waals surface area contributed by atoms with E-state index in [1.165, 1.54) is 41.6 Å². The molecule has 0 N–H and O–H groups in total. The summed E-state index contributed by atoms with van der Waals surface area (Å²) in [6, 6.07) is 8.69. The molecule has 1 fully saturated rings. The molecule has 0 amide bonds. The highest BCUT2D eigenvalue weighted by Crippen LogP contribution is 2.24. The van der Waals surface area contributed by atoms with Crippen molar-refractivity contribution in [3.8, 4) is 5.75 Å². The minimum Gasteiger partial charge on any atom is -0.422 e. The SMILES string of the molecule is CC(=O)c1cc(F)ccc1OC(=O)c1cccc(S(=O)(=O)N2CC(C)OC(C)C2)c1. The molecule has 1 saturated heterocycles. The van der Waals surface area contributed by atoms with Gasteiger partial charge in [-0.05, 0) is 57.2 Å². The van der Waals surface area contributed by atoms with Crippen molar-refractivity contribution < 1.29 is 31.9 Å². The van der Waals surface area contributed by atoms with E-state index in [4.69, 9.17) is 9.47 Å². The number of carbonyl (C=O) groups is 2. The molecule has 0 radical (unpaired) electrons. The number of hydrogen-bond donors (Lipinski definition) is 0. The second kappa shape index (κ2) is 8.63. The average molecular weight is 435 g/mol. The maximum atomic E-state index is 13.4. The van der Waals surface area contributed by atoms with Gasteiger partial charge in [0.05, 0.1) is 28.2 Å². The minimum absolute atomic E-state index is 0.00995. The molecule has 1 heterocycles. The second-order valence-electron chi connectivity index (χ2n) is 7.19. The van der Waals surface area contributed by atoms with Crippen LogP contribution >= 0.6 is 0 Å². The van der Waals surface area contributed by atoms with Gasteiger partial charge in [-0.1, -0.05) is 6.07 Å². The molecule has 0 aliphatic carbocycles. The van der Waals surface area contributed by atoms with Gasteiger partial charge in [-0.2, -0.15) is 4.31 Å². The highest BCUT2D eigenvalue weighted by atomic mass is 32.2. The standard InChI is InChI=1S/C21H22FNO6S/c1-13-11-23(12-14(2)28-13)30(26,27)18-6-4-5-16(9-18)21(25)29-20-8-7-17(22)10-19(20)15(3)24/h4-10,13-14H,11-12H2,1-3H3. The van der Waals surface area contributed by atoms with Crippen molar-refractivity contribution >= 4 is 21.8 Å². The van der Waals surface area contributed by atoms with Gasteiger partial charge in [0.2, 0.25) is 10.0 Å². The molecule has 30 heavy (non-hydrogen) atoms. The summed E-state index contributed by atoms with van der Waals surface area (Å²) in [6.45, 7) is 5.23. The quantitative estimate of drug-likeness (QED) is 0.407. The van der Waals surface area contributed by atoms with Gasteiger partial charge in [0, 0.05) is 13.1 Å². The molecular formula is C21H22FNO6S. The molecule has 0 saturated carbocycles. The van der Waals surface area contributed by atoms with E-state index in [0.29, 0.717) is 0 Å². The molecule has 9 heteroatoms. The van der Waals surface area contributed by atoms with Gasteiger partial charge in [-0.25, -0.2) is 17.6 Å². The molecule has 2 aromatic rings. The van der Waals surface area contributed by atoms with Crippen molar-refractivity contribution in [1.29, 1.82) is 0 Å². The second-order valence-corrected chi connectivity index (χ2v) is 9.13. The van der Waals surface area contributed by atoms with Crippen molar-refractivity contribution in [3.63, 3.8) is 0 Å². The van der Waals surface area contributed by atoms with E-state index in [2.05, 4.69) is 0 Å². The van der Waals surface area contributed by atoms with E-state index < -0.39 is 27.6 Å². The summed E-state index contributed by atoms with van der Waals surface area (Å²) in [5.41, 5.74) is -0.0901. The Morgan fingerprint density at radius 3 is 2.40 bits per heavy atom. The van der Waals surface area contributed by atoms with Crippen LogP contribution in [0.5, 0.6) is 5.75 Å². The summed E-state index contributed by atoms with van der Waals surface area (Å²) in [5.74, 6) is -2.06. The van der Waals surface area contributed by atoms with Crippen LogP contribution in [0.3, 0.4) is 0 Å². The topological polar surface area (TPSA) is 90.0 Å². The van der Waals surface area contributed by atoms with Crippen LogP contribution in [0.2, 0.25) is 0 Å². The molecule has 7 nitrogen and oxygen atoms in total. The Morgan fingerprint density at radius 1 is 1.10 bits per heavy atom. The third-order valence-corrected chi connectivity index (χ3v) is 6.44. The largest absolute Gasteiger partial charge is 0.422 e. The number of benzene rings is 2. The van der Waals surface area contributed by atoms with E-state index >= 15 is 0 Å². The van der Waals surface area contributed by atoms with Crippen LogP contribution in [0.4, 0.5) is 4.39 Å². The molecule has 1 aliphatic rings. The summed E-state index contributed by atoms with van der Waals surface area (Å²) in [6.07, 6.45) is -0.500. The highest BCUT2D eigenvalue weighted by Gasteiger charge is 2.32. The molecule has 0 spiro atoms. The summed E-state index contributed by atoms with van der Waals surface area (Å²) in [7, 11) is -3.84. The average Bonchev–Trinajstić information content (AvgIpc) is 2.68. The van der Waals surface area contributed by atoms with Crippen LogP contribution in [0.15, 0.2) is 47.4 Å². The summed E-state index contributed by atoms with van der Waals surface area (Å²) >= 11 is 0. The van der Waals surface area contributed by atoms with Crippen molar-refractivity contribution in [2.45, 2.75) is 37.9 Å². The Morgan fingerprint density at radius 2 is 1.77 bits per heavy atom. The van der Waals surface area contributed by atoms with Gasteiger partial charge in [-0.15, -0.1) is 0 Å². The van der Waals surface area contributed by atoms with Crippen LogP contribution in [0, 0.1) is 5.82 Å². The first-order chi connectivity index (χ1) is 14.1. The first-order valence-electron chi connectivity index (χ1n) is 9.36. The van der Waals surface area contributed by atoms with Crippen LogP contribution in [0.1, 0.15) is 41.5 Å². The first-order valence-corrected chi connectivity index (χ1v) is 10.8. The molecule has 2 unspecified atom stereocenters. The number of hydrogen-bond acceptors (Lipinski definition) is 6. The van der Waals surface area contributed by atoms with E-state index in [0.717, 1.165) is 12.1 Å². The number of halogens is 1. The number of ketones is 1. The monoisotopic (exact) mass is 435 g/mol. The van der Waals surface area contributed by atoms with Crippen LogP contribution in [-0.2, 0) is 14.8 Å². The zero-order valence-electron chi connectivity index (χ0n) is 16.8. The predicted octanol–water partition coefficient (Wildman–Crippen LogP) is 3.05. The summed E-state index contributed by atoms with van der Waals surface area (Å²) in [5, 5.41) is 0. The fourth-order valence-electron chi connectivity index (χ4n) is 3.28. The summed E-state index contributed by atoms with van der Waals surface area (Å²) < 4.78 is 51.6. The van der Waals surface area contributed by atoms with Crippen LogP contribution in [-0.4, -0.2) is 49.8 Å². The Balaban J connectivity index is 1.87. The maximum Gasteiger partial charge on any atom is 0.343 e. The predicted molar refractivity (Wildman–Crippen MR) is 107 cm³/mol. The van der Waals surface area contributed by atoms with Gasteiger partial charge >= 0.3 is 5.97 Å². The fourth-order valence-corrected chi connectivity index (χ4v) is 4.92. The number of rotatable bonds is 5. The number of nitrogens with zero attached hydrogens (tertiary/aromatic N) is 1. The van der Waals surface area contributed by atoms with Crippen molar-refractivity contribution in [1.82, 2.24) is 4.31 Å². The maximum absolute atomic E-state index is 13.4. The normalized spacial score (nSPS) is 20.0. The fraction of sp³-hybridized carbons (Fsp3) is 0.333. The van der Waals surface area contributed by atoms with Crippen LogP contribution < -0.4 is 4.74 Å². The lowest BCUT2D eigenvalue weighted by molar-refractivity contribution is -0.0440. The molecule has 0 aromatic heterocycles. The Kier molecular flexibility index (Phi) is 6.35. The first kappa shape index (κ1) is 22.1.